The summed E-state index contributed by atoms with van der Waals surface area (Å²) in [5, 5.41) is 0.289. The quantitative estimate of drug-likeness (QED) is 0.166. The van der Waals surface area contributed by atoms with Crippen LogP contribution in [0.4, 0.5) is 0 Å². The predicted molar refractivity (Wildman–Crippen MR) is 182 cm³/mol. The highest BCUT2D eigenvalue weighted by Gasteiger charge is 2.61. The summed E-state index contributed by atoms with van der Waals surface area (Å²) in [7, 11) is -4.12. The molecular formula is C37H62O2Si2. The van der Waals surface area contributed by atoms with E-state index in [1.54, 1.807) is 16.7 Å². The zero-order valence-electron chi connectivity index (χ0n) is 29.0. The van der Waals surface area contributed by atoms with E-state index in [1.807, 2.05) is 0 Å². The normalized spacial score (nSPS) is 35.9. The van der Waals surface area contributed by atoms with E-state index in [0.717, 1.165) is 25.7 Å². The van der Waals surface area contributed by atoms with Crippen LogP contribution in [0, 0.1) is 35.0 Å². The molecule has 0 heterocycles. The van der Waals surface area contributed by atoms with Gasteiger partial charge in [0.15, 0.2) is 16.6 Å². The summed E-state index contributed by atoms with van der Waals surface area (Å²) >= 11 is 0. The van der Waals surface area contributed by atoms with Gasteiger partial charge in [0.2, 0.25) is 0 Å². The van der Waals surface area contributed by atoms with Crippen molar-refractivity contribution in [1.29, 1.82) is 0 Å². The fraction of sp³-hybridized carbons (Fsp3) is 0.784. The molecule has 41 heavy (non-hydrogen) atoms. The van der Waals surface area contributed by atoms with Crippen LogP contribution in [0.3, 0.4) is 0 Å². The number of hydrogen-bond donors (Lipinski definition) is 0. The zero-order chi connectivity index (χ0) is 30.9. The van der Waals surface area contributed by atoms with Crippen LogP contribution in [0.1, 0.15) is 114 Å². The van der Waals surface area contributed by atoms with E-state index in [2.05, 4.69) is 113 Å². The van der Waals surface area contributed by atoms with Gasteiger partial charge in [-0.2, -0.15) is 0 Å². The van der Waals surface area contributed by atoms with Gasteiger partial charge in [-0.05, 0) is 92.0 Å². The Balaban J connectivity index is 1.85. The van der Waals surface area contributed by atoms with Crippen molar-refractivity contribution < 1.29 is 8.85 Å². The van der Waals surface area contributed by atoms with Crippen LogP contribution in [0.2, 0.25) is 36.3 Å². The highest BCUT2D eigenvalue weighted by Crippen LogP contribution is 2.66. The molecule has 2 saturated carbocycles. The van der Waals surface area contributed by atoms with Gasteiger partial charge in [-0.1, -0.05) is 97.3 Å². The number of rotatable bonds is 7. The average Bonchev–Trinajstić information content (AvgIpc) is 3.18. The van der Waals surface area contributed by atoms with Crippen LogP contribution >= 0.6 is 0 Å². The minimum absolute atomic E-state index is 0.00760. The summed E-state index contributed by atoms with van der Waals surface area (Å²) in [6.45, 7) is 31.4. The lowest BCUT2D eigenvalue weighted by atomic mass is 9.48. The Morgan fingerprint density at radius 3 is 2.17 bits per heavy atom. The fourth-order valence-corrected chi connectivity index (χ4v) is 11.4. The van der Waals surface area contributed by atoms with Crippen LogP contribution < -0.4 is 0 Å². The van der Waals surface area contributed by atoms with E-state index in [9.17, 15) is 0 Å². The van der Waals surface area contributed by atoms with E-state index in [0.29, 0.717) is 17.3 Å². The summed E-state index contributed by atoms with van der Waals surface area (Å²) < 4.78 is 15.1. The molecule has 0 aromatic heterocycles. The van der Waals surface area contributed by atoms with Crippen LogP contribution in [-0.2, 0) is 8.85 Å². The lowest BCUT2D eigenvalue weighted by Gasteiger charge is -2.61. The Labute approximate surface area is 256 Å². The molecule has 2 fully saturated rings. The van der Waals surface area contributed by atoms with Gasteiger partial charge in [0.05, 0.1) is 11.7 Å². The summed E-state index contributed by atoms with van der Waals surface area (Å²) in [6, 6.07) is 0. The maximum absolute atomic E-state index is 7.62. The maximum atomic E-state index is 7.62. The highest BCUT2D eigenvalue weighted by molar-refractivity contribution is 6.74. The summed E-state index contributed by atoms with van der Waals surface area (Å²) in [6.07, 6.45) is 22.3. The molecule has 0 aromatic rings. The Bertz CT molecular complexity index is 1150. The molecule has 4 heteroatoms. The maximum Gasteiger partial charge on any atom is 0.192 e. The SMILES string of the molecule is C#CCC[C@@]1(O[Si](C)(C)C(C)(C)C)CC2=CC=C3[C@H](CC[C@]4(C)C(CC)=CC[C@@H]34)[C@@]2(C)[C@@H](O[Si](C)(C)C(C)(C)C)C1. The molecule has 0 aromatic carbocycles. The van der Waals surface area contributed by atoms with Crippen LogP contribution in [0.15, 0.2) is 34.9 Å². The molecule has 0 radical (unpaired) electrons. The van der Waals surface area contributed by atoms with E-state index < -0.39 is 16.6 Å². The van der Waals surface area contributed by atoms with Crippen molar-refractivity contribution in [2.24, 2.45) is 22.7 Å². The summed E-state index contributed by atoms with van der Waals surface area (Å²) in [4.78, 5) is 0. The van der Waals surface area contributed by atoms with Crippen molar-refractivity contribution in [3.63, 3.8) is 0 Å². The number of fused-ring (bicyclic) bond motifs is 5. The van der Waals surface area contributed by atoms with Crippen LogP contribution in [0.25, 0.3) is 0 Å². The fourth-order valence-electron chi connectivity index (χ4n) is 8.36. The van der Waals surface area contributed by atoms with Crippen molar-refractivity contribution in [1.82, 2.24) is 0 Å². The average molecular weight is 595 g/mol. The third-order valence-corrected chi connectivity index (χ3v) is 22.2. The van der Waals surface area contributed by atoms with Crippen LogP contribution in [-0.4, -0.2) is 28.3 Å². The highest BCUT2D eigenvalue weighted by atomic mass is 28.4. The van der Waals surface area contributed by atoms with E-state index in [-0.39, 0.29) is 27.2 Å². The smallest absolute Gasteiger partial charge is 0.192 e. The van der Waals surface area contributed by atoms with Gasteiger partial charge in [0.1, 0.15) is 0 Å². The molecule has 230 valence electrons. The molecule has 2 nitrogen and oxygen atoms in total. The second-order valence-corrected chi connectivity index (χ2v) is 27.0. The van der Waals surface area contributed by atoms with Gasteiger partial charge < -0.3 is 8.85 Å². The monoisotopic (exact) mass is 594 g/mol. The first kappa shape index (κ1) is 33.0. The molecule has 0 saturated heterocycles. The lowest BCUT2D eigenvalue weighted by Crippen LogP contribution is -2.62. The zero-order valence-corrected chi connectivity index (χ0v) is 31.0. The molecule has 0 bridgehead atoms. The third kappa shape index (κ3) is 5.49. The Morgan fingerprint density at radius 2 is 1.61 bits per heavy atom. The summed E-state index contributed by atoms with van der Waals surface area (Å²) in [5.41, 5.74) is 5.00. The number of terminal acetylenes is 1. The molecule has 0 N–H and O–H groups in total. The lowest BCUT2D eigenvalue weighted by molar-refractivity contribution is -0.0849. The standard InChI is InChI=1S/C37H62O2Si2/c1-15-17-23-37(39-41(13,14)34(6,7)8)25-28-18-20-29-30-21-19-27(16-2)35(30,9)24-22-31(29)36(28,10)32(26-37)38-40(11,12)33(3,4)5/h1,18-20,30-32H,16-17,21-26H2,2-14H3/t30-,31-,32-,35+,36-,37+/m0/s1. The second kappa shape index (κ2) is 10.6. The van der Waals surface area contributed by atoms with Crippen LogP contribution in [0.5, 0.6) is 0 Å². The molecule has 0 unspecified atom stereocenters. The van der Waals surface area contributed by atoms with E-state index in [1.165, 1.54) is 25.7 Å². The minimum atomic E-state index is -2.06. The van der Waals surface area contributed by atoms with Crippen molar-refractivity contribution in [3.8, 4) is 12.3 Å². The van der Waals surface area contributed by atoms with Gasteiger partial charge in [-0.25, -0.2) is 0 Å². The van der Waals surface area contributed by atoms with Gasteiger partial charge >= 0.3 is 0 Å². The van der Waals surface area contributed by atoms with E-state index >= 15 is 0 Å². The number of allylic oxidation sites excluding steroid dienone is 5. The van der Waals surface area contributed by atoms with Crippen molar-refractivity contribution in [3.05, 3.63) is 34.9 Å². The first-order chi connectivity index (χ1) is 18.7. The van der Waals surface area contributed by atoms with Crippen molar-refractivity contribution >= 4 is 16.6 Å². The Morgan fingerprint density at radius 1 is 0.976 bits per heavy atom. The first-order valence-electron chi connectivity index (χ1n) is 16.6. The van der Waals surface area contributed by atoms with Gasteiger partial charge in [-0.3, -0.25) is 0 Å². The first-order valence-corrected chi connectivity index (χ1v) is 22.4. The number of hydrogen-bond acceptors (Lipinski definition) is 2. The van der Waals surface area contributed by atoms with Crippen molar-refractivity contribution in [2.75, 3.05) is 0 Å². The summed E-state index contributed by atoms with van der Waals surface area (Å²) in [5.74, 6) is 4.16. The Hall–Kier alpha value is -0.866. The third-order valence-electron chi connectivity index (χ3n) is 13.1. The molecule has 6 atom stereocenters. The molecule has 0 amide bonds. The van der Waals surface area contributed by atoms with Gasteiger partial charge in [0.25, 0.3) is 0 Å². The minimum Gasteiger partial charge on any atom is -0.413 e. The van der Waals surface area contributed by atoms with E-state index in [4.69, 9.17) is 15.3 Å². The second-order valence-electron chi connectivity index (χ2n) is 17.5. The molecule has 4 aliphatic carbocycles. The molecule has 4 aliphatic rings. The molecule has 0 spiro atoms. The Kier molecular flexibility index (Phi) is 8.57. The topological polar surface area (TPSA) is 18.5 Å². The van der Waals surface area contributed by atoms with Gasteiger partial charge in [-0.15, -0.1) is 12.3 Å². The molecule has 0 aliphatic heterocycles. The van der Waals surface area contributed by atoms with Crippen molar-refractivity contribution in [2.45, 2.75) is 162 Å². The predicted octanol–water partition coefficient (Wildman–Crippen LogP) is 11.0. The molecular weight excluding hydrogens is 533 g/mol. The molecule has 4 rings (SSSR count). The van der Waals surface area contributed by atoms with Gasteiger partial charge in [0, 0.05) is 18.3 Å². The largest absolute Gasteiger partial charge is 0.413 e.